The first kappa shape index (κ1) is 10.3. The van der Waals surface area contributed by atoms with E-state index >= 15 is 0 Å². The third-order valence-corrected chi connectivity index (χ3v) is 2.64. The molecule has 4 nitrogen and oxygen atoms in total. The summed E-state index contributed by atoms with van der Waals surface area (Å²) in [6.07, 6.45) is 0. The van der Waals surface area contributed by atoms with Crippen molar-refractivity contribution in [3.63, 3.8) is 0 Å². The van der Waals surface area contributed by atoms with Crippen molar-refractivity contribution in [1.29, 1.82) is 0 Å². The van der Waals surface area contributed by atoms with Gasteiger partial charge in [0.2, 0.25) is 5.91 Å². The molecule has 0 spiro atoms. The van der Waals surface area contributed by atoms with E-state index in [0.717, 1.165) is 12.1 Å². The van der Waals surface area contributed by atoms with Gasteiger partial charge in [-0.05, 0) is 17.7 Å². The number of amides is 1. The minimum absolute atomic E-state index is 0.0247. The Bertz CT molecular complexity index is 395. The van der Waals surface area contributed by atoms with Gasteiger partial charge in [-0.3, -0.25) is 4.79 Å². The Labute approximate surface area is 92.2 Å². The molecule has 1 aromatic carbocycles. The van der Waals surface area contributed by atoms with E-state index in [-0.39, 0.29) is 22.7 Å². The van der Waals surface area contributed by atoms with Crippen LogP contribution >= 0.6 is 11.6 Å². The number of phenols is 1. The first-order chi connectivity index (χ1) is 7.18. The van der Waals surface area contributed by atoms with Crippen LogP contribution in [-0.4, -0.2) is 24.1 Å². The average Bonchev–Trinajstić information content (AvgIpc) is 2.23. The van der Waals surface area contributed by atoms with Gasteiger partial charge in [0.1, 0.15) is 11.8 Å². The molecule has 3 N–H and O–H groups in total. The van der Waals surface area contributed by atoms with E-state index < -0.39 is 0 Å². The molecule has 0 aromatic heterocycles. The summed E-state index contributed by atoms with van der Waals surface area (Å²) in [5, 5.41) is 15.3. The molecule has 1 heterocycles. The zero-order valence-corrected chi connectivity index (χ0v) is 8.71. The van der Waals surface area contributed by atoms with Gasteiger partial charge < -0.3 is 15.7 Å². The Hall–Kier alpha value is -1.26. The first-order valence-corrected chi connectivity index (χ1v) is 5.06. The predicted molar refractivity (Wildman–Crippen MR) is 56.9 cm³/mol. The van der Waals surface area contributed by atoms with Gasteiger partial charge in [-0.2, -0.15) is 0 Å². The maximum atomic E-state index is 11.5. The number of rotatable bonds is 1. The van der Waals surface area contributed by atoms with Crippen molar-refractivity contribution in [2.24, 2.45) is 0 Å². The van der Waals surface area contributed by atoms with Crippen LogP contribution in [0.3, 0.4) is 0 Å². The monoisotopic (exact) mass is 226 g/mol. The van der Waals surface area contributed by atoms with Crippen LogP contribution in [-0.2, 0) is 4.79 Å². The Kier molecular flexibility index (Phi) is 2.79. The maximum absolute atomic E-state index is 11.5. The van der Waals surface area contributed by atoms with Gasteiger partial charge in [-0.1, -0.05) is 17.7 Å². The van der Waals surface area contributed by atoms with Gasteiger partial charge in [0.15, 0.2) is 0 Å². The molecule has 80 valence electrons. The normalized spacial score (nSPS) is 21.1. The molecule has 1 aliphatic heterocycles. The summed E-state index contributed by atoms with van der Waals surface area (Å²) in [5.41, 5.74) is 0.759. The number of hydrogen-bond acceptors (Lipinski definition) is 3. The maximum Gasteiger partial charge on any atom is 0.241 e. The van der Waals surface area contributed by atoms with Gasteiger partial charge >= 0.3 is 0 Å². The molecule has 1 atom stereocenters. The lowest BCUT2D eigenvalue weighted by molar-refractivity contribution is -0.124. The lowest BCUT2D eigenvalue weighted by Crippen LogP contribution is -2.47. The van der Waals surface area contributed by atoms with Crippen molar-refractivity contribution in [2.75, 3.05) is 13.1 Å². The zero-order chi connectivity index (χ0) is 10.8. The average molecular weight is 227 g/mol. The van der Waals surface area contributed by atoms with Crippen LogP contribution < -0.4 is 10.6 Å². The molecule has 0 bridgehead atoms. The second-order valence-corrected chi connectivity index (χ2v) is 3.80. The number of carbonyl (C=O) groups excluding carboxylic acids is 1. The standard InChI is InChI=1S/C10H11ClN2O2/c11-7-5-6(1-2-8(7)14)9-10(15)13-4-3-12-9/h1-2,5,9,12,14H,3-4H2,(H,13,15). The van der Waals surface area contributed by atoms with Crippen molar-refractivity contribution in [3.8, 4) is 5.75 Å². The highest BCUT2D eigenvalue weighted by Gasteiger charge is 2.23. The highest BCUT2D eigenvalue weighted by molar-refractivity contribution is 6.32. The van der Waals surface area contributed by atoms with E-state index in [9.17, 15) is 9.90 Å². The summed E-state index contributed by atoms with van der Waals surface area (Å²) in [6, 6.07) is 4.39. The van der Waals surface area contributed by atoms with E-state index in [4.69, 9.17) is 11.6 Å². The number of aromatic hydroxyl groups is 1. The smallest absolute Gasteiger partial charge is 0.241 e. The number of benzene rings is 1. The number of nitrogens with one attached hydrogen (secondary N) is 2. The fourth-order valence-electron chi connectivity index (χ4n) is 1.57. The molecular formula is C10H11ClN2O2. The number of carbonyl (C=O) groups is 1. The van der Waals surface area contributed by atoms with Crippen molar-refractivity contribution in [1.82, 2.24) is 10.6 Å². The summed E-state index contributed by atoms with van der Waals surface area (Å²) in [4.78, 5) is 11.5. The van der Waals surface area contributed by atoms with Crippen LogP contribution in [0.25, 0.3) is 0 Å². The predicted octanol–water partition coefficient (Wildman–Crippen LogP) is 0.806. The van der Waals surface area contributed by atoms with Gasteiger partial charge in [-0.15, -0.1) is 0 Å². The van der Waals surface area contributed by atoms with E-state index in [1.54, 1.807) is 12.1 Å². The summed E-state index contributed by atoms with van der Waals surface area (Å²) >= 11 is 5.77. The van der Waals surface area contributed by atoms with E-state index in [1.165, 1.54) is 6.07 Å². The van der Waals surface area contributed by atoms with E-state index in [1.807, 2.05) is 0 Å². The minimum Gasteiger partial charge on any atom is -0.506 e. The number of phenolic OH excluding ortho intramolecular Hbond substituents is 1. The fourth-order valence-corrected chi connectivity index (χ4v) is 1.76. The highest BCUT2D eigenvalue weighted by Crippen LogP contribution is 2.27. The third kappa shape index (κ3) is 2.06. The molecule has 1 aliphatic rings. The Morgan fingerprint density at radius 2 is 2.20 bits per heavy atom. The lowest BCUT2D eigenvalue weighted by Gasteiger charge is -2.23. The Balaban J connectivity index is 2.28. The SMILES string of the molecule is O=C1NCCNC1c1ccc(O)c(Cl)c1. The topological polar surface area (TPSA) is 61.4 Å². The van der Waals surface area contributed by atoms with Gasteiger partial charge in [0.25, 0.3) is 0 Å². The van der Waals surface area contributed by atoms with Crippen LogP contribution in [0, 0.1) is 0 Å². The molecule has 0 saturated carbocycles. The van der Waals surface area contributed by atoms with Crippen molar-refractivity contribution >= 4 is 17.5 Å². The van der Waals surface area contributed by atoms with Crippen molar-refractivity contribution in [2.45, 2.75) is 6.04 Å². The summed E-state index contributed by atoms with van der Waals surface area (Å²) in [6.45, 7) is 1.37. The third-order valence-electron chi connectivity index (χ3n) is 2.34. The summed E-state index contributed by atoms with van der Waals surface area (Å²) < 4.78 is 0. The molecule has 15 heavy (non-hydrogen) atoms. The molecular weight excluding hydrogens is 216 g/mol. The van der Waals surface area contributed by atoms with Gasteiger partial charge in [0, 0.05) is 13.1 Å². The molecule has 1 amide bonds. The minimum atomic E-state index is -0.378. The van der Waals surface area contributed by atoms with Crippen molar-refractivity contribution in [3.05, 3.63) is 28.8 Å². The molecule has 0 aliphatic carbocycles. The van der Waals surface area contributed by atoms with Crippen molar-refractivity contribution < 1.29 is 9.90 Å². The van der Waals surface area contributed by atoms with Crippen LogP contribution in [0.4, 0.5) is 0 Å². The van der Waals surface area contributed by atoms with Gasteiger partial charge in [-0.25, -0.2) is 0 Å². The summed E-state index contributed by atoms with van der Waals surface area (Å²) in [7, 11) is 0. The van der Waals surface area contributed by atoms with Crippen LogP contribution in [0.2, 0.25) is 5.02 Å². The first-order valence-electron chi connectivity index (χ1n) is 4.68. The molecule has 1 saturated heterocycles. The Morgan fingerprint density at radius 1 is 1.40 bits per heavy atom. The molecule has 1 fully saturated rings. The highest BCUT2D eigenvalue weighted by atomic mass is 35.5. The number of halogens is 1. The molecule has 1 aromatic rings. The van der Waals surface area contributed by atoms with Gasteiger partial charge in [0.05, 0.1) is 5.02 Å². The second kappa shape index (κ2) is 4.08. The van der Waals surface area contributed by atoms with Crippen LogP contribution in [0.15, 0.2) is 18.2 Å². The largest absolute Gasteiger partial charge is 0.506 e. The van der Waals surface area contributed by atoms with Crippen LogP contribution in [0.1, 0.15) is 11.6 Å². The summed E-state index contributed by atoms with van der Waals surface area (Å²) in [5.74, 6) is -0.0420. The number of piperazine rings is 1. The van der Waals surface area contributed by atoms with E-state index in [0.29, 0.717) is 6.54 Å². The fraction of sp³-hybridized carbons (Fsp3) is 0.300. The molecule has 1 unspecified atom stereocenters. The zero-order valence-electron chi connectivity index (χ0n) is 7.96. The quantitative estimate of drug-likeness (QED) is 0.664. The Morgan fingerprint density at radius 3 is 2.87 bits per heavy atom. The molecule has 5 heteroatoms. The second-order valence-electron chi connectivity index (χ2n) is 3.39. The number of hydrogen-bond donors (Lipinski definition) is 3. The van der Waals surface area contributed by atoms with E-state index in [2.05, 4.69) is 10.6 Å². The lowest BCUT2D eigenvalue weighted by atomic mass is 10.0. The molecule has 2 rings (SSSR count). The molecule has 0 radical (unpaired) electrons. The van der Waals surface area contributed by atoms with Crippen LogP contribution in [0.5, 0.6) is 5.75 Å².